The number of hydrogen-bond acceptors (Lipinski definition) is 4. The average molecular weight is 292 g/mol. The summed E-state index contributed by atoms with van der Waals surface area (Å²) in [6, 6.07) is 0. The number of aryl methyl sites for hydroxylation is 1. The third-order valence-corrected chi connectivity index (χ3v) is 4.80. The summed E-state index contributed by atoms with van der Waals surface area (Å²) in [5, 5.41) is 4.23. The zero-order chi connectivity index (χ0) is 15.5. The molecule has 5 nitrogen and oxygen atoms in total. The van der Waals surface area contributed by atoms with Crippen LogP contribution in [0.5, 0.6) is 0 Å². The van der Waals surface area contributed by atoms with Crippen molar-refractivity contribution >= 4 is 5.78 Å². The predicted octanol–water partition coefficient (Wildman–Crippen LogP) is 2.31. The van der Waals surface area contributed by atoms with Gasteiger partial charge in [-0.2, -0.15) is 5.10 Å². The van der Waals surface area contributed by atoms with E-state index in [0.717, 1.165) is 38.1 Å². The fourth-order valence-corrected chi connectivity index (χ4v) is 3.56. The van der Waals surface area contributed by atoms with Gasteiger partial charge in [0.2, 0.25) is 0 Å². The van der Waals surface area contributed by atoms with E-state index in [1.807, 2.05) is 18.8 Å². The van der Waals surface area contributed by atoms with E-state index in [1.54, 1.807) is 6.33 Å². The Kier molecular flexibility index (Phi) is 5.14. The lowest BCUT2D eigenvalue weighted by atomic mass is 9.72. The number of ketones is 1. The number of hydrogen-bond donors (Lipinski definition) is 0. The minimum absolute atomic E-state index is 0.296. The molecule has 1 fully saturated rings. The highest BCUT2D eigenvalue weighted by atomic mass is 16.1. The van der Waals surface area contributed by atoms with Gasteiger partial charge < -0.3 is 0 Å². The molecule has 0 spiro atoms. The van der Waals surface area contributed by atoms with Crippen LogP contribution in [0.1, 0.15) is 51.8 Å². The molecule has 0 radical (unpaired) electrons. The van der Waals surface area contributed by atoms with Crippen molar-refractivity contribution in [2.24, 2.45) is 5.92 Å². The molecule has 0 N–H and O–H groups in total. The molecular weight excluding hydrogens is 264 g/mol. The standard InChI is InChI=1S/C16H28N4O/c1-5-9-20-15(17-12-18-20)10-14(21)16(19(3)4)8-6-7-13(2)11-16/h12-13H,5-11H2,1-4H3. The summed E-state index contributed by atoms with van der Waals surface area (Å²) in [6.07, 6.45) is 7.24. The van der Waals surface area contributed by atoms with E-state index >= 15 is 0 Å². The van der Waals surface area contributed by atoms with Gasteiger partial charge >= 0.3 is 0 Å². The number of carbonyl (C=O) groups excluding carboxylic acids is 1. The molecule has 2 unspecified atom stereocenters. The molecule has 2 rings (SSSR count). The van der Waals surface area contributed by atoms with E-state index in [0.29, 0.717) is 18.1 Å². The topological polar surface area (TPSA) is 51.0 Å². The predicted molar refractivity (Wildman–Crippen MR) is 83.1 cm³/mol. The second kappa shape index (κ2) is 6.69. The van der Waals surface area contributed by atoms with Crippen molar-refractivity contribution in [3.05, 3.63) is 12.2 Å². The van der Waals surface area contributed by atoms with Gasteiger partial charge in [0.1, 0.15) is 12.2 Å². The third-order valence-electron chi connectivity index (χ3n) is 4.80. The number of Topliss-reactive ketones (excluding diaryl/α,β-unsaturated/α-hetero) is 1. The monoisotopic (exact) mass is 292 g/mol. The van der Waals surface area contributed by atoms with Crippen molar-refractivity contribution in [2.75, 3.05) is 14.1 Å². The first kappa shape index (κ1) is 16.1. The Bertz CT molecular complexity index is 482. The molecule has 1 heterocycles. The molecule has 2 atom stereocenters. The molecule has 21 heavy (non-hydrogen) atoms. The smallest absolute Gasteiger partial charge is 0.160 e. The number of carbonyl (C=O) groups is 1. The molecule has 0 saturated heterocycles. The third kappa shape index (κ3) is 3.34. The van der Waals surface area contributed by atoms with Crippen LogP contribution in [-0.2, 0) is 17.8 Å². The molecule has 0 bridgehead atoms. The second-order valence-corrected chi connectivity index (χ2v) is 6.63. The summed E-state index contributed by atoms with van der Waals surface area (Å²) in [5.41, 5.74) is -0.319. The van der Waals surface area contributed by atoms with Crippen molar-refractivity contribution in [3.63, 3.8) is 0 Å². The maximum absolute atomic E-state index is 13.0. The summed E-state index contributed by atoms with van der Waals surface area (Å²) < 4.78 is 1.87. The molecule has 0 aliphatic heterocycles. The highest BCUT2D eigenvalue weighted by Crippen LogP contribution is 2.37. The van der Waals surface area contributed by atoms with Crippen LogP contribution in [0.4, 0.5) is 0 Å². The van der Waals surface area contributed by atoms with Crippen LogP contribution in [0.3, 0.4) is 0 Å². The van der Waals surface area contributed by atoms with Gasteiger partial charge in [-0.1, -0.05) is 26.7 Å². The first-order valence-electron chi connectivity index (χ1n) is 8.07. The van der Waals surface area contributed by atoms with Crippen LogP contribution in [0.15, 0.2) is 6.33 Å². The molecule has 1 aliphatic rings. The largest absolute Gasteiger partial charge is 0.297 e. The van der Waals surface area contributed by atoms with Gasteiger partial charge in [0.25, 0.3) is 0 Å². The van der Waals surface area contributed by atoms with Gasteiger partial charge in [0.05, 0.1) is 12.0 Å². The van der Waals surface area contributed by atoms with Crippen LogP contribution >= 0.6 is 0 Å². The molecular formula is C16H28N4O. The normalized spacial score (nSPS) is 26.2. The van der Waals surface area contributed by atoms with Crippen LogP contribution in [0.2, 0.25) is 0 Å². The minimum atomic E-state index is -0.319. The van der Waals surface area contributed by atoms with Crippen LogP contribution in [-0.4, -0.2) is 45.1 Å². The van der Waals surface area contributed by atoms with Crippen LogP contribution in [0.25, 0.3) is 0 Å². The summed E-state index contributed by atoms with van der Waals surface area (Å²) in [7, 11) is 4.07. The first-order chi connectivity index (χ1) is 9.99. The Hall–Kier alpha value is -1.23. The fraction of sp³-hybridized carbons (Fsp3) is 0.812. The Morgan fingerprint density at radius 1 is 1.52 bits per heavy atom. The molecule has 0 aromatic carbocycles. The van der Waals surface area contributed by atoms with Crippen molar-refractivity contribution in [3.8, 4) is 0 Å². The zero-order valence-corrected chi connectivity index (χ0v) is 13.8. The Morgan fingerprint density at radius 3 is 2.90 bits per heavy atom. The highest BCUT2D eigenvalue weighted by Gasteiger charge is 2.43. The Labute approximate surface area is 127 Å². The number of nitrogens with zero attached hydrogens (tertiary/aromatic N) is 4. The van der Waals surface area contributed by atoms with Crippen molar-refractivity contribution < 1.29 is 4.79 Å². The fourth-order valence-electron chi connectivity index (χ4n) is 3.56. The molecule has 5 heteroatoms. The summed E-state index contributed by atoms with van der Waals surface area (Å²) >= 11 is 0. The van der Waals surface area contributed by atoms with Crippen molar-refractivity contribution in [1.82, 2.24) is 19.7 Å². The molecule has 0 amide bonds. The van der Waals surface area contributed by atoms with Gasteiger partial charge in [0.15, 0.2) is 5.78 Å². The van der Waals surface area contributed by atoms with Gasteiger partial charge in [-0.25, -0.2) is 9.67 Å². The quantitative estimate of drug-likeness (QED) is 0.807. The van der Waals surface area contributed by atoms with Crippen LogP contribution in [0, 0.1) is 5.92 Å². The van der Waals surface area contributed by atoms with Crippen molar-refractivity contribution in [1.29, 1.82) is 0 Å². The Morgan fingerprint density at radius 2 is 2.29 bits per heavy atom. The van der Waals surface area contributed by atoms with E-state index in [9.17, 15) is 4.79 Å². The summed E-state index contributed by atoms with van der Waals surface area (Å²) in [5.74, 6) is 1.71. The van der Waals surface area contributed by atoms with E-state index in [1.165, 1.54) is 6.42 Å². The highest BCUT2D eigenvalue weighted by molar-refractivity contribution is 5.89. The van der Waals surface area contributed by atoms with Gasteiger partial charge in [0, 0.05) is 6.54 Å². The average Bonchev–Trinajstić information content (AvgIpc) is 2.86. The molecule has 1 aromatic rings. The summed E-state index contributed by atoms with van der Waals surface area (Å²) in [4.78, 5) is 19.4. The SMILES string of the molecule is CCCn1ncnc1CC(=O)C1(N(C)C)CCCC(C)C1. The van der Waals surface area contributed by atoms with E-state index < -0.39 is 0 Å². The second-order valence-electron chi connectivity index (χ2n) is 6.63. The number of aromatic nitrogens is 3. The lowest BCUT2D eigenvalue weighted by Crippen LogP contribution is -2.54. The first-order valence-corrected chi connectivity index (χ1v) is 8.07. The van der Waals surface area contributed by atoms with Gasteiger partial charge in [-0.15, -0.1) is 0 Å². The van der Waals surface area contributed by atoms with E-state index in [2.05, 4.69) is 28.8 Å². The maximum atomic E-state index is 13.0. The van der Waals surface area contributed by atoms with Gasteiger partial charge in [-0.05, 0) is 39.3 Å². The Balaban J connectivity index is 2.17. The minimum Gasteiger partial charge on any atom is -0.297 e. The molecule has 1 aliphatic carbocycles. The van der Waals surface area contributed by atoms with Gasteiger partial charge in [-0.3, -0.25) is 9.69 Å². The van der Waals surface area contributed by atoms with Crippen LogP contribution < -0.4 is 0 Å². The summed E-state index contributed by atoms with van der Waals surface area (Å²) in [6.45, 7) is 5.19. The number of rotatable bonds is 6. The van der Waals surface area contributed by atoms with E-state index in [-0.39, 0.29) is 5.54 Å². The molecule has 118 valence electrons. The van der Waals surface area contributed by atoms with E-state index in [4.69, 9.17) is 0 Å². The lowest BCUT2D eigenvalue weighted by Gasteiger charge is -2.43. The maximum Gasteiger partial charge on any atom is 0.160 e. The molecule has 1 aromatic heterocycles. The zero-order valence-electron chi connectivity index (χ0n) is 13.8. The lowest BCUT2D eigenvalue weighted by molar-refractivity contribution is -0.132. The number of likely N-dealkylation sites (N-methyl/N-ethyl adjacent to an activating group) is 1. The van der Waals surface area contributed by atoms with Crippen molar-refractivity contribution in [2.45, 2.75) is 64.5 Å². The molecule has 1 saturated carbocycles.